The smallest absolute Gasteiger partial charge is 0.273 e. The highest BCUT2D eigenvalue weighted by Crippen LogP contribution is 2.21. The largest absolute Gasteiger partial charge is 0.346 e. The maximum atomic E-state index is 12.2. The minimum absolute atomic E-state index is 0. The minimum atomic E-state index is -0.246. The lowest BCUT2D eigenvalue weighted by molar-refractivity contribution is 0.0946. The summed E-state index contributed by atoms with van der Waals surface area (Å²) < 4.78 is 2.70. The zero-order chi connectivity index (χ0) is 16.2. The third kappa shape index (κ3) is 4.69. The molecule has 2 heterocycles. The summed E-state index contributed by atoms with van der Waals surface area (Å²) in [5, 5.41) is 14.8. The summed E-state index contributed by atoms with van der Waals surface area (Å²) in [6, 6.07) is 5.88. The summed E-state index contributed by atoms with van der Waals surface area (Å²) in [4.78, 5) is 12.2. The van der Waals surface area contributed by atoms with Crippen LogP contribution < -0.4 is 10.6 Å². The van der Waals surface area contributed by atoms with Crippen LogP contribution >= 0.6 is 39.9 Å². The Morgan fingerprint density at radius 3 is 2.88 bits per heavy atom. The number of nitrogens with zero attached hydrogens (tertiary/aromatic N) is 3. The predicted molar refractivity (Wildman–Crippen MR) is 98.7 cm³/mol. The molecule has 1 aliphatic heterocycles. The molecular weight excluding hydrogens is 417 g/mol. The maximum Gasteiger partial charge on any atom is 0.273 e. The Bertz CT molecular complexity index is 703. The molecule has 1 aliphatic rings. The summed E-state index contributed by atoms with van der Waals surface area (Å²) in [5.41, 5.74) is 1.19. The zero-order valence-corrected chi connectivity index (χ0v) is 16.0. The molecule has 130 valence electrons. The number of rotatable bonds is 4. The summed E-state index contributed by atoms with van der Waals surface area (Å²) in [6.45, 7) is 2.29. The van der Waals surface area contributed by atoms with Crippen molar-refractivity contribution < 1.29 is 4.79 Å². The van der Waals surface area contributed by atoms with Crippen LogP contribution in [0.4, 0.5) is 0 Å². The summed E-state index contributed by atoms with van der Waals surface area (Å²) >= 11 is 9.50. The van der Waals surface area contributed by atoms with Crippen LogP contribution in [0.5, 0.6) is 0 Å². The van der Waals surface area contributed by atoms with Crippen LogP contribution in [0.3, 0.4) is 0 Å². The predicted octanol–water partition coefficient (Wildman–Crippen LogP) is 2.97. The van der Waals surface area contributed by atoms with E-state index in [1.54, 1.807) is 16.9 Å². The van der Waals surface area contributed by atoms with Gasteiger partial charge in [0.05, 0.1) is 12.2 Å². The number of hydrogen-bond acceptors (Lipinski definition) is 4. The summed E-state index contributed by atoms with van der Waals surface area (Å²) in [5.74, 6) is -0.246. The molecule has 1 saturated heterocycles. The molecule has 0 radical (unpaired) electrons. The van der Waals surface area contributed by atoms with Gasteiger partial charge >= 0.3 is 0 Å². The standard InChI is InChI=1S/C15H17BrClN5O.ClH/c16-11-2-1-10(13(17)7-11)8-19-15(23)14-9-22(21-20-14)12-3-5-18-6-4-12;/h1-2,7,9,12,18H,3-6,8H2,(H,19,23);1H. The number of amides is 1. The van der Waals surface area contributed by atoms with Crippen molar-refractivity contribution in [3.63, 3.8) is 0 Å². The quantitative estimate of drug-likeness (QED) is 0.775. The lowest BCUT2D eigenvalue weighted by atomic mass is 10.1. The van der Waals surface area contributed by atoms with E-state index in [2.05, 4.69) is 36.9 Å². The molecule has 2 aromatic rings. The van der Waals surface area contributed by atoms with E-state index in [9.17, 15) is 4.79 Å². The van der Waals surface area contributed by atoms with Crippen molar-refractivity contribution in [3.05, 3.63) is 45.1 Å². The molecule has 24 heavy (non-hydrogen) atoms. The zero-order valence-electron chi connectivity index (χ0n) is 12.8. The second-order valence-corrected chi connectivity index (χ2v) is 6.81. The molecule has 0 bridgehead atoms. The van der Waals surface area contributed by atoms with Gasteiger partial charge in [-0.15, -0.1) is 17.5 Å². The number of halogens is 3. The second-order valence-electron chi connectivity index (χ2n) is 5.48. The fourth-order valence-electron chi connectivity index (χ4n) is 2.56. The van der Waals surface area contributed by atoms with Crippen molar-refractivity contribution in [2.75, 3.05) is 13.1 Å². The van der Waals surface area contributed by atoms with Crippen molar-refractivity contribution in [2.45, 2.75) is 25.4 Å². The van der Waals surface area contributed by atoms with Gasteiger partial charge in [-0.05, 0) is 43.6 Å². The Kier molecular flexibility index (Phi) is 7.03. The Hall–Kier alpha value is -1.15. The molecule has 3 rings (SSSR count). The van der Waals surface area contributed by atoms with Crippen LogP contribution in [0.25, 0.3) is 0 Å². The van der Waals surface area contributed by atoms with Gasteiger partial charge in [0.15, 0.2) is 5.69 Å². The SMILES string of the molecule is Cl.O=C(NCc1ccc(Br)cc1Cl)c1cn(C2CCNCC2)nn1. The van der Waals surface area contributed by atoms with Crippen molar-refractivity contribution >= 4 is 45.8 Å². The van der Waals surface area contributed by atoms with Gasteiger partial charge in [-0.3, -0.25) is 4.79 Å². The molecule has 1 aromatic carbocycles. The van der Waals surface area contributed by atoms with Crippen LogP contribution in [0.2, 0.25) is 5.02 Å². The van der Waals surface area contributed by atoms with Crippen LogP contribution in [0, 0.1) is 0 Å². The number of benzene rings is 1. The summed E-state index contributed by atoms with van der Waals surface area (Å²) in [7, 11) is 0. The lowest BCUT2D eigenvalue weighted by Crippen LogP contribution is -2.29. The van der Waals surface area contributed by atoms with E-state index in [-0.39, 0.29) is 18.3 Å². The van der Waals surface area contributed by atoms with Crippen LogP contribution in [-0.2, 0) is 6.54 Å². The molecule has 6 nitrogen and oxygen atoms in total. The fraction of sp³-hybridized carbons (Fsp3) is 0.400. The van der Waals surface area contributed by atoms with Gasteiger partial charge in [0.2, 0.25) is 0 Å². The van der Waals surface area contributed by atoms with Crippen molar-refractivity contribution in [2.24, 2.45) is 0 Å². The average Bonchev–Trinajstić information content (AvgIpc) is 3.05. The highest BCUT2D eigenvalue weighted by Gasteiger charge is 2.18. The number of aromatic nitrogens is 3. The molecule has 1 fully saturated rings. The molecule has 0 aliphatic carbocycles. The molecule has 2 N–H and O–H groups in total. The first kappa shape index (κ1) is 19.2. The minimum Gasteiger partial charge on any atom is -0.346 e. The van der Waals surface area contributed by atoms with E-state index in [1.807, 2.05) is 12.1 Å². The fourth-order valence-corrected chi connectivity index (χ4v) is 3.30. The third-order valence-corrected chi connectivity index (χ3v) is 4.73. The van der Waals surface area contributed by atoms with Crippen LogP contribution in [0.1, 0.15) is 34.9 Å². The molecule has 0 spiro atoms. The Labute approximate surface area is 159 Å². The number of carbonyl (C=O) groups is 1. The highest BCUT2D eigenvalue weighted by molar-refractivity contribution is 9.10. The number of hydrogen-bond donors (Lipinski definition) is 2. The van der Waals surface area contributed by atoms with Crippen molar-refractivity contribution in [1.82, 2.24) is 25.6 Å². The normalized spacial score (nSPS) is 14.9. The van der Waals surface area contributed by atoms with Crippen LogP contribution in [-0.4, -0.2) is 34.0 Å². The monoisotopic (exact) mass is 433 g/mol. The van der Waals surface area contributed by atoms with Gasteiger partial charge < -0.3 is 10.6 Å². The van der Waals surface area contributed by atoms with Gasteiger partial charge in [0.25, 0.3) is 5.91 Å². The average molecular weight is 435 g/mol. The van der Waals surface area contributed by atoms with E-state index < -0.39 is 0 Å². The number of piperidine rings is 1. The second kappa shape index (κ2) is 8.80. The first-order valence-electron chi connectivity index (χ1n) is 7.48. The van der Waals surface area contributed by atoms with Crippen LogP contribution in [0.15, 0.2) is 28.9 Å². The summed E-state index contributed by atoms with van der Waals surface area (Å²) in [6.07, 6.45) is 3.71. The third-order valence-electron chi connectivity index (χ3n) is 3.88. The molecule has 1 aromatic heterocycles. The van der Waals surface area contributed by atoms with E-state index in [0.29, 0.717) is 23.3 Å². The van der Waals surface area contributed by atoms with Gasteiger partial charge in [-0.1, -0.05) is 38.8 Å². The van der Waals surface area contributed by atoms with Gasteiger partial charge in [-0.25, -0.2) is 4.68 Å². The molecular formula is C15H18BrCl2N5O. The topological polar surface area (TPSA) is 71.8 Å². The van der Waals surface area contributed by atoms with E-state index >= 15 is 0 Å². The van der Waals surface area contributed by atoms with E-state index in [4.69, 9.17) is 11.6 Å². The molecule has 0 atom stereocenters. The first-order chi connectivity index (χ1) is 11.1. The molecule has 0 unspecified atom stereocenters. The van der Waals surface area contributed by atoms with Gasteiger partial charge in [0.1, 0.15) is 0 Å². The first-order valence-corrected chi connectivity index (χ1v) is 8.65. The molecule has 1 amide bonds. The van der Waals surface area contributed by atoms with Gasteiger partial charge in [-0.2, -0.15) is 0 Å². The maximum absolute atomic E-state index is 12.2. The highest BCUT2D eigenvalue weighted by atomic mass is 79.9. The van der Waals surface area contributed by atoms with E-state index in [0.717, 1.165) is 36.0 Å². The molecule has 0 saturated carbocycles. The van der Waals surface area contributed by atoms with Crippen molar-refractivity contribution in [3.8, 4) is 0 Å². The molecule has 9 heteroatoms. The number of carbonyl (C=O) groups excluding carboxylic acids is 1. The van der Waals surface area contributed by atoms with Gasteiger partial charge in [0, 0.05) is 16.0 Å². The Morgan fingerprint density at radius 2 is 2.17 bits per heavy atom. The van der Waals surface area contributed by atoms with E-state index in [1.165, 1.54) is 0 Å². The Morgan fingerprint density at radius 1 is 1.42 bits per heavy atom. The van der Waals surface area contributed by atoms with Crippen molar-refractivity contribution in [1.29, 1.82) is 0 Å². The number of nitrogens with one attached hydrogen (secondary N) is 2. The lowest BCUT2D eigenvalue weighted by Gasteiger charge is -2.22. The Balaban J connectivity index is 0.00000208.